The molecule has 2 N–H and O–H groups in total. The predicted octanol–water partition coefficient (Wildman–Crippen LogP) is 2.52. The Hall–Kier alpha value is -2.70. The van der Waals surface area contributed by atoms with E-state index in [2.05, 4.69) is 33.0 Å². The molecule has 1 amide bonds. The maximum Gasteiger partial charge on any atom is 0.250 e. The highest BCUT2D eigenvalue weighted by atomic mass is 16.5. The van der Waals surface area contributed by atoms with Crippen LogP contribution in [0.5, 0.6) is 0 Å². The van der Waals surface area contributed by atoms with Gasteiger partial charge in [0, 0.05) is 32.1 Å². The van der Waals surface area contributed by atoms with Crippen molar-refractivity contribution in [2.45, 2.75) is 20.0 Å². The van der Waals surface area contributed by atoms with Crippen LogP contribution in [0.2, 0.25) is 0 Å². The highest BCUT2D eigenvalue weighted by Gasteiger charge is 2.05. The molecule has 2 aromatic heterocycles. The van der Waals surface area contributed by atoms with Gasteiger partial charge in [0.25, 0.3) is 0 Å². The first kappa shape index (κ1) is 17.1. The summed E-state index contributed by atoms with van der Waals surface area (Å²) in [5.74, 6) is -0.159. The Balaban J connectivity index is 1.60. The Bertz CT molecular complexity index is 873. The van der Waals surface area contributed by atoms with Gasteiger partial charge >= 0.3 is 0 Å². The van der Waals surface area contributed by atoms with Crippen LogP contribution in [0.3, 0.4) is 0 Å². The fraction of sp³-hybridized carbons (Fsp3) is 0.263. The van der Waals surface area contributed by atoms with E-state index in [0.717, 1.165) is 28.2 Å². The number of amides is 1. The van der Waals surface area contributed by atoms with Crippen molar-refractivity contribution in [3.8, 4) is 0 Å². The van der Waals surface area contributed by atoms with Gasteiger partial charge in [-0.05, 0) is 36.2 Å². The molecule has 25 heavy (non-hydrogen) atoms. The zero-order valence-corrected chi connectivity index (χ0v) is 14.5. The molecule has 0 unspecified atom stereocenters. The van der Waals surface area contributed by atoms with Crippen LogP contribution in [0, 0.1) is 6.92 Å². The average Bonchev–Trinajstić information content (AvgIpc) is 3.00. The number of imidazole rings is 1. The fourth-order valence-electron chi connectivity index (χ4n) is 2.76. The molecule has 1 aromatic carbocycles. The number of aryl methyl sites for hydroxylation is 1. The van der Waals surface area contributed by atoms with Gasteiger partial charge in [-0.25, -0.2) is 4.98 Å². The monoisotopic (exact) mass is 338 g/mol. The summed E-state index contributed by atoms with van der Waals surface area (Å²) in [7, 11) is 1.50. The number of benzene rings is 1. The van der Waals surface area contributed by atoms with Crippen molar-refractivity contribution in [3.05, 3.63) is 65.6 Å². The molecule has 6 heteroatoms. The van der Waals surface area contributed by atoms with Crippen molar-refractivity contribution < 1.29 is 9.53 Å². The summed E-state index contributed by atoms with van der Waals surface area (Å²) in [5.41, 5.74) is 5.13. The standard InChI is InChI=1S/C19H22N4O2/c1-14-5-4-8-23-17(12-21-19(14)23)11-20-10-15-6-3-7-16(9-15)22-18(24)13-25-2/h3-9,12,20H,10-11,13H2,1-2H3,(H,22,24). The summed E-state index contributed by atoms with van der Waals surface area (Å²) in [6, 6.07) is 11.9. The highest BCUT2D eigenvalue weighted by Crippen LogP contribution is 2.13. The zero-order valence-electron chi connectivity index (χ0n) is 14.5. The lowest BCUT2D eigenvalue weighted by molar-refractivity contribution is -0.119. The van der Waals surface area contributed by atoms with Crippen LogP contribution in [-0.2, 0) is 22.6 Å². The summed E-state index contributed by atoms with van der Waals surface area (Å²) >= 11 is 0. The van der Waals surface area contributed by atoms with Gasteiger partial charge in [-0.3, -0.25) is 4.79 Å². The third-order valence-electron chi connectivity index (χ3n) is 3.93. The van der Waals surface area contributed by atoms with Gasteiger partial charge in [0.15, 0.2) is 0 Å². The van der Waals surface area contributed by atoms with Gasteiger partial charge < -0.3 is 19.8 Å². The average molecular weight is 338 g/mol. The topological polar surface area (TPSA) is 67.7 Å². The number of carbonyl (C=O) groups is 1. The second-order valence-electron chi connectivity index (χ2n) is 5.92. The van der Waals surface area contributed by atoms with Crippen LogP contribution in [0.1, 0.15) is 16.8 Å². The lowest BCUT2D eigenvalue weighted by atomic mass is 10.2. The zero-order chi connectivity index (χ0) is 17.6. The second-order valence-corrected chi connectivity index (χ2v) is 5.92. The van der Waals surface area contributed by atoms with Crippen molar-refractivity contribution in [3.63, 3.8) is 0 Å². The fourth-order valence-corrected chi connectivity index (χ4v) is 2.76. The number of hydrogen-bond donors (Lipinski definition) is 2. The molecular weight excluding hydrogens is 316 g/mol. The third-order valence-corrected chi connectivity index (χ3v) is 3.93. The number of aromatic nitrogens is 2. The minimum atomic E-state index is -0.159. The van der Waals surface area contributed by atoms with Gasteiger partial charge in [-0.1, -0.05) is 18.2 Å². The quantitative estimate of drug-likeness (QED) is 0.695. The van der Waals surface area contributed by atoms with Gasteiger partial charge in [-0.2, -0.15) is 0 Å². The van der Waals surface area contributed by atoms with Gasteiger partial charge in [0.2, 0.25) is 5.91 Å². The van der Waals surface area contributed by atoms with Crippen LogP contribution in [0.4, 0.5) is 5.69 Å². The van der Waals surface area contributed by atoms with E-state index in [-0.39, 0.29) is 12.5 Å². The molecule has 0 saturated heterocycles. The molecule has 0 fully saturated rings. The van der Waals surface area contributed by atoms with Gasteiger partial charge in [0.05, 0.1) is 11.9 Å². The third kappa shape index (κ3) is 4.23. The summed E-state index contributed by atoms with van der Waals surface area (Å²) in [6.45, 7) is 3.52. The molecule has 0 bridgehead atoms. The SMILES string of the molecule is COCC(=O)Nc1cccc(CNCc2cnc3c(C)cccn23)c1. The Morgan fingerprint density at radius 3 is 2.96 bits per heavy atom. The van der Waals surface area contributed by atoms with Crippen LogP contribution < -0.4 is 10.6 Å². The Morgan fingerprint density at radius 1 is 1.24 bits per heavy atom. The molecule has 2 heterocycles. The number of hydrogen-bond acceptors (Lipinski definition) is 4. The molecule has 3 aromatic rings. The molecule has 6 nitrogen and oxygen atoms in total. The number of methoxy groups -OCH3 is 1. The maximum atomic E-state index is 11.6. The smallest absolute Gasteiger partial charge is 0.250 e. The number of ether oxygens (including phenoxy) is 1. The normalized spacial score (nSPS) is 11.0. The molecule has 0 atom stereocenters. The molecule has 0 aliphatic carbocycles. The molecular formula is C19H22N4O2. The molecule has 0 aliphatic heterocycles. The van der Waals surface area contributed by atoms with E-state index in [0.29, 0.717) is 13.1 Å². The molecule has 3 rings (SSSR count). The minimum Gasteiger partial charge on any atom is -0.375 e. The molecule has 0 radical (unpaired) electrons. The number of rotatable bonds is 7. The van der Waals surface area contributed by atoms with Crippen LogP contribution in [0.25, 0.3) is 5.65 Å². The lowest BCUT2D eigenvalue weighted by Gasteiger charge is -2.08. The molecule has 130 valence electrons. The van der Waals surface area contributed by atoms with Gasteiger partial charge in [0.1, 0.15) is 12.3 Å². The van der Waals surface area contributed by atoms with Crippen LogP contribution >= 0.6 is 0 Å². The summed E-state index contributed by atoms with van der Waals surface area (Å²) in [5, 5.41) is 6.23. The van der Waals surface area contributed by atoms with E-state index >= 15 is 0 Å². The Labute approximate surface area is 146 Å². The first-order valence-electron chi connectivity index (χ1n) is 8.17. The van der Waals surface area contributed by atoms with E-state index in [9.17, 15) is 4.79 Å². The van der Waals surface area contributed by atoms with E-state index in [1.807, 2.05) is 42.7 Å². The number of pyridine rings is 1. The molecule has 0 aliphatic rings. The first-order valence-corrected chi connectivity index (χ1v) is 8.17. The highest BCUT2D eigenvalue weighted by molar-refractivity contribution is 5.91. The Kier molecular flexibility index (Phi) is 5.42. The van der Waals surface area contributed by atoms with Crippen LogP contribution in [0.15, 0.2) is 48.8 Å². The maximum absolute atomic E-state index is 11.6. The Morgan fingerprint density at radius 2 is 2.12 bits per heavy atom. The number of carbonyl (C=O) groups excluding carboxylic acids is 1. The van der Waals surface area contributed by atoms with Crippen molar-refractivity contribution in [1.82, 2.24) is 14.7 Å². The number of nitrogens with one attached hydrogen (secondary N) is 2. The van der Waals surface area contributed by atoms with E-state index in [1.165, 1.54) is 7.11 Å². The predicted molar refractivity (Wildman–Crippen MR) is 97.4 cm³/mol. The van der Waals surface area contributed by atoms with E-state index in [1.54, 1.807) is 0 Å². The molecule has 0 spiro atoms. The lowest BCUT2D eigenvalue weighted by Crippen LogP contribution is -2.18. The molecule has 0 saturated carbocycles. The number of fused-ring (bicyclic) bond motifs is 1. The van der Waals surface area contributed by atoms with Crippen molar-refractivity contribution in [2.75, 3.05) is 19.0 Å². The number of nitrogens with zero attached hydrogens (tertiary/aromatic N) is 2. The summed E-state index contributed by atoms with van der Waals surface area (Å²) in [6.07, 6.45) is 3.93. The van der Waals surface area contributed by atoms with Crippen molar-refractivity contribution >= 4 is 17.2 Å². The van der Waals surface area contributed by atoms with E-state index < -0.39 is 0 Å². The second kappa shape index (κ2) is 7.92. The van der Waals surface area contributed by atoms with E-state index in [4.69, 9.17) is 4.74 Å². The number of anilines is 1. The van der Waals surface area contributed by atoms with Crippen molar-refractivity contribution in [1.29, 1.82) is 0 Å². The summed E-state index contributed by atoms with van der Waals surface area (Å²) in [4.78, 5) is 16.1. The van der Waals surface area contributed by atoms with Crippen molar-refractivity contribution in [2.24, 2.45) is 0 Å². The largest absolute Gasteiger partial charge is 0.375 e. The first-order chi connectivity index (χ1) is 12.2. The minimum absolute atomic E-state index is 0.0518. The summed E-state index contributed by atoms with van der Waals surface area (Å²) < 4.78 is 6.92. The van der Waals surface area contributed by atoms with Gasteiger partial charge in [-0.15, -0.1) is 0 Å². The van der Waals surface area contributed by atoms with Crippen LogP contribution in [-0.4, -0.2) is 29.0 Å².